The molecule has 0 aliphatic rings. The van der Waals surface area contributed by atoms with Crippen molar-refractivity contribution in [2.45, 2.75) is 27.2 Å². The molecule has 25 heavy (non-hydrogen) atoms. The summed E-state index contributed by atoms with van der Waals surface area (Å²) < 4.78 is 19.2. The summed E-state index contributed by atoms with van der Waals surface area (Å²) in [6.45, 7) is 5.43. The minimum Gasteiger partial charge on any atom is -0.493 e. The summed E-state index contributed by atoms with van der Waals surface area (Å²) in [5.74, 6) is -0.455. The lowest BCUT2D eigenvalue weighted by molar-refractivity contribution is -0.116. The molecule has 0 bridgehead atoms. The zero-order valence-corrected chi connectivity index (χ0v) is 14.5. The van der Waals surface area contributed by atoms with Gasteiger partial charge in [0.15, 0.2) is 0 Å². The van der Waals surface area contributed by atoms with E-state index in [4.69, 9.17) is 4.74 Å². The van der Waals surface area contributed by atoms with Crippen molar-refractivity contribution in [3.05, 3.63) is 53.3 Å². The molecule has 2 amide bonds. The van der Waals surface area contributed by atoms with Crippen LogP contribution in [-0.4, -0.2) is 18.4 Å². The van der Waals surface area contributed by atoms with Gasteiger partial charge >= 0.3 is 0 Å². The number of carbonyl (C=O) groups is 2. The van der Waals surface area contributed by atoms with Gasteiger partial charge in [0, 0.05) is 12.6 Å². The lowest BCUT2D eigenvalue weighted by atomic mass is 10.1. The number of anilines is 2. The van der Waals surface area contributed by atoms with Gasteiger partial charge in [0.1, 0.15) is 11.6 Å². The lowest BCUT2D eigenvalue weighted by Gasteiger charge is -2.11. The van der Waals surface area contributed by atoms with E-state index in [0.29, 0.717) is 5.69 Å². The maximum absolute atomic E-state index is 13.6. The van der Waals surface area contributed by atoms with Gasteiger partial charge in [0.2, 0.25) is 11.8 Å². The average Bonchev–Trinajstić information content (AvgIpc) is 2.53. The van der Waals surface area contributed by atoms with Gasteiger partial charge in [-0.25, -0.2) is 4.39 Å². The van der Waals surface area contributed by atoms with Crippen molar-refractivity contribution in [3.63, 3.8) is 0 Å². The molecule has 0 aliphatic heterocycles. The molecule has 0 spiro atoms. The SMILES string of the molecule is CC(=O)Nc1cc(NC(=O)CCOc2cc(C)ccc2C)ccc1F. The Balaban J connectivity index is 1.90. The minimum atomic E-state index is -0.563. The number of amides is 2. The van der Waals surface area contributed by atoms with Crippen LogP contribution >= 0.6 is 0 Å². The third kappa shape index (κ3) is 5.60. The maximum Gasteiger partial charge on any atom is 0.227 e. The molecular formula is C19H21FN2O3. The highest BCUT2D eigenvalue weighted by Gasteiger charge is 2.08. The second kappa shape index (κ2) is 8.28. The molecule has 132 valence electrons. The molecular weight excluding hydrogens is 323 g/mol. The standard InChI is InChI=1S/C19H21FN2O3/c1-12-4-5-13(2)18(10-12)25-9-8-19(24)22-15-6-7-16(20)17(11-15)21-14(3)23/h4-7,10-11H,8-9H2,1-3H3,(H,21,23)(H,22,24). The van der Waals surface area contributed by atoms with Gasteiger partial charge < -0.3 is 15.4 Å². The molecule has 5 nitrogen and oxygen atoms in total. The quantitative estimate of drug-likeness (QED) is 0.837. The van der Waals surface area contributed by atoms with Crippen molar-refractivity contribution in [1.82, 2.24) is 0 Å². The second-order valence-electron chi connectivity index (χ2n) is 5.79. The smallest absolute Gasteiger partial charge is 0.227 e. The van der Waals surface area contributed by atoms with Gasteiger partial charge in [-0.15, -0.1) is 0 Å². The molecule has 0 atom stereocenters. The predicted molar refractivity (Wildman–Crippen MR) is 95.4 cm³/mol. The Hall–Kier alpha value is -2.89. The van der Waals surface area contributed by atoms with Crippen molar-refractivity contribution in [2.24, 2.45) is 0 Å². The minimum absolute atomic E-state index is 0.0249. The van der Waals surface area contributed by atoms with Crippen LogP contribution in [0.25, 0.3) is 0 Å². The van der Waals surface area contributed by atoms with Crippen molar-refractivity contribution >= 4 is 23.2 Å². The normalized spacial score (nSPS) is 10.2. The van der Waals surface area contributed by atoms with E-state index in [1.54, 1.807) is 0 Å². The molecule has 0 fully saturated rings. The lowest BCUT2D eigenvalue weighted by Crippen LogP contribution is -2.16. The van der Waals surface area contributed by atoms with Gasteiger partial charge in [0.25, 0.3) is 0 Å². The fraction of sp³-hybridized carbons (Fsp3) is 0.263. The second-order valence-corrected chi connectivity index (χ2v) is 5.79. The van der Waals surface area contributed by atoms with Gasteiger partial charge in [-0.05, 0) is 49.2 Å². The molecule has 0 unspecified atom stereocenters. The van der Waals surface area contributed by atoms with Crippen LogP contribution in [0.5, 0.6) is 5.75 Å². The fourth-order valence-corrected chi connectivity index (χ4v) is 2.23. The third-order valence-corrected chi connectivity index (χ3v) is 3.49. The molecule has 0 aromatic heterocycles. The Bertz CT molecular complexity index is 790. The van der Waals surface area contributed by atoms with Crippen LogP contribution in [-0.2, 0) is 9.59 Å². The molecule has 2 N–H and O–H groups in total. The summed E-state index contributed by atoms with van der Waals surface area (Å²) >= 11 is 0. The number of rotatable bonds is 6. The van der Waals surface area contributed by atoms with Crippen LogP contribution in [0.3, 0.4) is 0 Å². The highest BCUT2D eigenvalue weighted by Crippen LogP contribution is 2.21. The highest BCUT2D eigenvalue weighted by atomic mass is 19.1. The zero-order valence-electron chi connectivity index (χ0n) is 14.5. The van der Waals surface area contributed by atoms with Gasteiger partial charge in [-0.1, -0.05) is 12.1 Å². The Morgan fingerprint density at radius 2 is 1.84 bits per heavy atom. The Kier molecular flexibility index (Phi) is 6.11. The number of aryl methyl sites for hydroxylation is 2. The molecule has 6 heteroatoms. The van der Waals surface area contributed by atoms with Crippen molar-refractivity contribution in [1.29, 1.82) is 0 Å². The molecule has 0 saturated carbocycles. The summed E-state index contributed by atoms with van der Waals surface area (Å²) in [5, 5.41) is 5.03. The van der Waals surface area contributed by atoms with Gasteiger partial charge in [-0.3, -0.25) is 9.59 Å². The number of nitrogens with one attached hydrogen (secondary N) is 2. The molecule has 0 radical (unpaired) electrons. The van der Waals surface area contributed by atoms with Crippen molar-refractivity contribution in [3.8, 4) is 5.75 Å². The highest BCUT2D eigenvalue weighted by molar-refractivity contribution is 5.93. The van der Waals surface area contributed by atoms with Gasteiger partial charge in [0.05, 0.1) is 18.7 Å². The van der Waals surface area contributed by atoms with E-state index in [0.717, 1.165) is 16.9 Å². The summed E-state index contributed by atoms with van der Waals surface area (Å²) in [5.41, 5.74) is 2.52. The number of hydrogen-bond donors (Lipinski definition) is 2. The molecule has 0 saturated heterocycles. The Labute approximate surface area is 146 Å². The van der Waals surface area contributed by atoms with E-state index in [-0.39, 0.29) is 30.5 Å². The first kappa shape index (κ1) is 18.4. The zero-order chi connectivity index (χ0) is 18.4. The van der Waals surface area contributed by atoms with Crippen molar-refractivity contribution in [2.75, 3.05) is 17.2 Å². The van der Waals surface area contributed by atoms with E-state index in [1.165, 1.54) is 25.1 Å². The first-order valence-corrected chi connectivity index (χ1v) is 7.92. The van der Waals surface area contributed by atoms with E-state index < -0.39 is 5.82 Å². The summed E-state index contributed by atoms with van der Waals surface area (Å²) in [6.07, 6.45) is 0.153. The third-order valence-electron chi connectivity index (χ3n) is 3.49. The first-order chi connectivity index (χ1) is 11.8. The van der Waals surface area contributed by atoms with Crippen LogP contribution in [0, 0.1) is 19.7 Å². The van der Waals surface area contributed by atoms with Crippen LogP contribution in [0.1, 0.15) is 24.5 Å². The molecule has 2 aromatic carbocycles. The number of halogens is 1. The number of benzene rings is 2. The summed E-state index contributed by atoms with van der Waals surface area (Å²) in [6, 6.07) is 9.88. The largest absolute Gasteiger partial charge is 0.493 e. The van der Waals surface area contributed by atoms with E-state index >= 15 is 0 Å². The van der Waals surface area contributed by atoms with E-state index in [9.17, 15) is 14.0 Å². The summed E-state index contributed by atoms with van der Waals surface area (Å²) in [7, 11) is 0. The van der Waals surface area contributed by atoms with Gasteiger partial charge in [-0.2, -0.15) is 0 Å². The number of hydrogen-bond acceptors (Lipinski definition) is 3. The Morgan fingerprint density at radius 1 is 1.08 bits per heavy atom. The van der Waals surface area contributed by atoms with Crippen LogP contribution in [0.2, 0.25) is 0 Å². The van der Waals surface area contributed by atoms with E-state index in [2.05, 4.69) is 10.6 Å². The maximum atomic E-state index is 13.6. The predicted octanol–water partition coefficient (Wildman–Crippen LogP) is 3.81. The number of carbonyl (C=O) groups excluding carboxylic acids is 2. The molecule has 2 aromatic rings. The Morgan fingerprint density at radius 3 is 2.56 bits per heavy atom. The van der Waals surface area contributed by atoms with Crippen LogP contribution in [0.15, 0.2) is 36.4 Å². The first-order valence-electron chi connectivity index (χ1n) is 7.92. The molecule has 0 heterocycles. The topological polar surface area (TPSA) is 67.4 Å². The average molecular weight is 344 g/mol. The van der Waals surface area contributed by atoms with Crippen LogP contribution < -0.4 is 15.4 Å². The fourth-order valence-electron chi connectivity index (χ4n) is 2.23. The van der Waals surface area contributed by atoms with Crippen molar-refractivity contribution < 1.29 is 18.7 Å². The van der Waals surface area contributed by atoms with Crippen LogP contribution in [0.4, 0.5) is 15.8 Å². The van der Waals surface area contributed by atoms with E-state index in [1.807, 2.05) is 32.0 Å². The monoisotopic (exact) mass is 344 g/mol. The molecule has 0 aliphatic carbocycles. The number of ether oxygens (including phenoxy) is 1. The summed E-state index contributed by atoms with van der Waals surface area (Å²) in [4.78, 5) is 23.0. The molecule has 2 rings (SSSR count).